The molecule has 1 saturated carbocycles. The van der Waals surface area contributed by atoms with E-state index in [0.29, 0.717) is 10.0 Å². The highest BCUT2D eigenvalue weighted by Gasteiger charge is 2.34. The molecule has 15 heavy (non-hydrogen) atoms. The molecule has 82 valence electrons. The normalized spacial score (nSPS) is 19.4. The molecule has 1 aliphatic rings. The van der Waals surface area contributed by atoms with Crippen LogP contribution >= 0.6 is 15.9 Å². The molecule has 0 aliphatic heterocycles. The van der Waals surface area contributed by atoms with Crippen LogP contribution in [0.4, 0.5) is 4.39 Å². The van der Waals surface area contributed by atoms with Crippen molar-refractivity contribution in [2.75, 3.05) is 0 Å². The van der Waals surface area contributed by atoms with Crippen molar-refractivity contribution in [3.05, 3.63) is 28.0 Å². The number of aromatic hydroxyl groups is 1. The van der Waals surface area contributed by atoms with Gasteiger partial charge in [-0.1, -0.05) is 12.8 Å². The number of rotatable bonds is 1. The molecule has 0 unspecified atom stereocenters. The number of hydrogen-bond acceptors (Lipinski definition) is 2. The number of phenolic OH excluding ortho intramolecular Hbond substituents is 1. The predicted octanol–water partition coefficient (Wildman–Crippen LogP) is 3.02. The molecular weight excluding hydrogens is 261 g/mol. The average molecular weight is 274 g/mol. The molecule has 0 radical (unpaired) electrons. The molecule has 3 N–H and O–H groups in total. The largest absolute Gasteiger partial charge is 0.506 e. The predicted molar refractivity (Wildman–Crippen MR) is 60.1 cm³/mol. The summed E-state index contributed by atoms with van der Waals surface area (Å²) in [5.41, 5.74) is 6.13. The van der Waals surface area contributed by atoms with Crippen LogP contribution in [0.5, 0.6) is 5.75 Å². The Balaban J connectivity index is 2.51. The van der Waals surface area contributed by atoms with E-state index in [1.165, 1.54) is 12.1 Å². The maximum Gasteiger partial charge on any atom is 0.135 e. The number of halogens is 2. The number of benzene rings is 1. The van der Waals surface area contributed by atoms with Crippen LogP contribution in [0.3, 0.4) is 0 Å². The van der Waals surface area contributed by atoms with Gasteiger partial charge in [0.2, 0.25) is 0 Å². The fraction of sp³-hybridized carbons (Fsp3) is 0.455. The van der Waals surface area contributed by atoms with Crippen molar-refractivity contribution in [2.45, 2.75) is 31.2 Å². The molecule has 1 aromatic carbocycles. The van der Waals surface area contributed by atoms with E-state index in [4.69, 9.17) is 5.73 Å². The molecule has 0 bridgehead atoms. The highest BCUT2D eigenvalue weighted by molar-refractivity contribution is 9.10. The first-order chi connectivity index (χ1) is 7.03. The first-order valence-corrected chi connectivity index (χ1v) is 5.80. The van der Waals surface area contributed by atoms with Crippen LogP contribution in [0.15, 0.2) is 16.6 Å². The second-order valence-corrected chi connectivity index (χ2v) is 5.00. The van der Waals surface area contributed by atoms with Gasteiger partial charge in [-0.25, -0.2) is 4.39 Å². The third-order valence-corrected chi connectivity index (χ3v) is 3.66. The summed E-state index contributed by atoms with van der Waals surface area (Å²) in [5.74, 6) is -0.299. The molecule has 1 fully saturated rings. The topological polar surface area (TPSA) is 46.2 Å². The van der Waals surface area contributed by atoms with Crippen molar-refractivity contribution in [1.82, 2.24) is 0 Å². The minimum atomic E-state index is -0.561. The molecular formula is C11H13BrFNO. The Morgan fingerprint density at radius 2 is 1.93 bits per heavy atom. The summed E-state index contributed by atoms with van der Waals surface area (Å²) in [6, 6.07) is 2.59. The average Bonchev–Trinajstić information content (AvgIpc) is 2.59. The fourth-order valence-electron chi connectivity index (χ4n) is 2.22. The number of nitrogens with two attached hydrogens (primary N) is 1. The van der Waals surface area contributed by atoms with Crippen LogP contribution in [-0.4, -0.2) is 5.11 Å². The van der Waals surface area contributed by atoms with Crippen molar-refractivity contribution in [1.29, 1.82) is 0 Å². The standard InChI is InChI=1S/C11H13BrFNO/c12-9-6-7(13)5-8(10(9)15)11(14)3-1-2-4-11/h5-6,15H,1-4,14H2. The van der Waals surface area contributed by atoms with Crippen molar-refractivity contribution in [3.8, 4) is 5.75 Å². The lowest BCUT2D eigenvalue weighted by molar-refractivity contribution is 0.403. The molecule has 1 aliphatic carbocycles. The Labute approximate surface area is 96.4 Å². The maximum absolute atomic E-state index is 13.2. The van der Waals surface area contributed by atoms with E-state index in [-0.39, 0.29) is 11.6 Å². The quantitative estimate of drug-likeness (QED) is 0.826. The Bertz CT molecular complexity index is 388. The summed E-state index contributed by atoms with van der Waals surface area (Å²) in [7, 11) is 0. The van der Waals surface area contributed by atoms with Crippen molar-refractivity contribution < 1.29 is 9.50 Å². The second kappa shape index (κ2) is 3.76. The van der Waals surface area contributed by atoms with E-state index in [1.807, 2.05) is 0 Å². The van der Waals surface area contributed by atoms with Crippen LogP contribution in [0.25, 0.3) is 0 Å². The smallest absolute Gasteiger partial charge is 0.135 e. The maximum atomic E-state index is 13.2. The van der Waals surface area contributed by atoms with Crippen LogP contribution in [-0.2, 0) is 5.54 Å². The van der Waals surface area contributed by atoms with Gasteiger partial charge in [-0.3, -0.25) is 0 Å². The van der Waals surface area contributed by atoms with Crippen LogP contribution < -0.4 is 5.73 Å². The molecule has 4 heteroatoms. The lowest BCUT2D eigenvalue weighted by atomic mass is 9.88. The van der Waals surface area contributed by atoms with Crippen LogP contribution in [0, 0.1) is 5.82 Å². The molecule has 0 saturated heterocycles. The van der Waals surface area contributed by atoms with Crippen molar-refractivity contribution in [2.24, 2.45) is 5.73 Å². The summed E-state index contributed by atoms with van der Waals surface area (Å²) in [5, 5.41) is 9.85. The highest BCUT2D eigenvalue weighted by atomic mass is 79.9. The molecule has 0 atom stereocenters. The Morgan fingerprint density at radius 3 is 2.53 bits per heavy atom. The molecule has 0 amide bonds. The van der Waals surface area contributed by atoms with Gasteiger partial charge in [0, 0.05) is 11.1 Å². The minimum Gasteiger partial charge on any atom is -0.506 e. The van der Waals surface area contributed by atoms with Gasteiger partial charge in [0.05, 0.1) is 4.47 Å². The zero-order valence-corrected chi connectivity index (χ0v) is 9.85. The van der Waals surface area contributed by atoms with Crippen molar-refractivity contribution in [3.63, 3.8) is 0 Å². The highest BCUT2D eigenvalue weighted by Crippen LogP contribution is 2.43. The van der Waals surface area contributed by atoms with Gasteiger partial charge in [-0.2, -0.15) is 0 Å². The lowest BCUT2D eigenvalue weighted by Crippen LogP contribution is -2.33. The van der Waals surface area contributed by atoms with Gasteiger partial charge in [0.25, 0.3) is 0 Å². The Morgan fingerprint density at radius 1 is 1.33 bits per heavy atom. The Hall–Kier alpha value is -0.610. The van der Waals surface area contributed by atoms with Gasteiger partial charge in [-0.15, -0.1) is 0 Å². The van der Waals surface area contributed by atoms with Crippen molar-refractivity contribution >= 4 is 15.9 Å². The van der Waals surface area contributed by atoms with E-state index in [9.17, 15) is 9.50 Å². The van der Waals surface area contributed by atoms with Gasteiger partial charge in [0.1, 0.15) is 11.6 Å². The SMILES string of the molecule is NC1(c2cc(F)cc(Br)c2O)CCCC1. The molecule has 2 nitrogen and oxygen atoms in total. The van der Waals surface area contributed by atoms with Gasteiger partial charge in [-0.05, 0) is 40.9 Å². The fourth-order valence-corrected chi connectivity index (χ4v) is 2.65. The minimum absolute atomic E-state index is 0.0702. The van der Waals surface area contributed by atoms with E-state index in [0.717, 1.165) is 25.7 Å². The molecule has 2 rings (SSSR count). The van der Waals surface area contributed by atoms with E-state index < -0.39 is 5.54 Å². The first-order valence-electron chi connectivity index (χ1n) is 5.00. The molecule has 1 aromatic rings. The van der Waals surface area contributed by atoms with E-state index in [2.05, 4.69) is 15.9 Å². The van der Waals surface area contributed by atoms with E-state index in [1.54, 1.807) is 0 Å². The summed E-state index contributed by atoms with van der Waals surface area (Å²) in [6.07, 6.45) is 3.67. The summed E-state index contributed by atoms with van der Waals surface area (Å²) < 4.78 is 13.6. The summed E-state index contributed by atoms with van der Waals surface area (Å²) >= 11 is 3.12. The second-order valence-electron chi connectivity index (χ2n) is 4.15. The zero-order chi connectivity index (χ0) is 11.1. The van der Waals surface area contributed by atoms with Gasteiger partial charge < -0.3 is 10.8 Å². The van der Waals surface area contributed by atoms with Crippen LogP contribution in [0.1, 0.15) is 31.2 Å². The zero-order valence-electron chi connectivity index (χ0n) is 8.26. The summed E-state index contributed by atoms with van der Waals surface area (Å²) in [6.45, 7) is 0. The first kappa shape index (κ1) is 10.9. The Kier molecular flexibility index (Phi) is 2.73. The van der Waals surface area contributed by atoms with Crippen LogP contribution in [0.2, 0.25) is 0 Å². The number of phenols is 1. The van der Waals surface area contributed by atoms with Gasteiger partial charge in [0.15, 0.2) is 0 Å². The van der Waals surface area contributed by atoms with Gasteiger partial charge >= 0.3 is 0 Å². The number of hydrogen-bond donors (Lipinski definition) is 2. The molecule has 0 aromatic heterocycles. The molecule has 0 spiro atoms. The summed E-state index contributed by atoms with van der Waals surface area (Å²) in [4.78, 5) is 0. The monoisotopic (exact) mass is 273 g/mol. The third-order valence-electron chi connectivity index (χ3n) is 3.06. The van der Waals surface area contributed by atoms with E-state index >= 15 is 0 Å². The molecule has 0 heterocycles. The lowest BCUT2D eigenvalue weighted by Gasteiger charge is -2.25. The third kappa shape index (κ3) is 1.88.